The lowest BCUT2D eigenvalue weighted by Gasteiger charge is -2.12. The molecule has 0 atom stereocenters. The van der Waals surface area contributed by atoms with E-state index in [1.54, 1.807) is 11.3 Å². The predicted molar refractivity (Wildman–Crippen MR) is 187 cm³/mol. The Bertz CT molecular complexity index is 2690. The van der Waals surface area contributed by atoms with E-state index >= 15 is 0 Å². The molecule has 0 bridgehead atoms. The predicted octanol–water partition coefficient (Wildman–Crippen LogP) is 11.1. The lowest BCUT2D eigenvalue weighted by molar-refractivity contribution is 1.02. The second-order valence-corrected chi connectivity index (χ2v) is 12.4. The molecule has 0 radical (unpaired) electrons. The molecule has 0 spiro atoms. The van der Waals surface area contributed by atoms with Crippen molar-refractivity contribution >= 4 is 85.8 Å². The van der Waals surface area contributed by atoms with Crippen molar-refractivity contribution in [2.24, 2.45) is 0 Å². The molecule has 3 nitrogen and oxygen atoms in total. The summed E-state index contributed by atoms with van der Waals surface area (Å²) >= 11 is 1.74. The number of nitrogens with zero attached hydrogens (tertiary/aromatic N) is 3. The Balaban J connectivity index is 1.41. The van der Waals surface area contributed by atoms with Gasteiger partial charge in [0, 0.05) is 31.8 Å². The third-order valence-electron chi connectivity index (χ3n) is 9.02. The van der Waals surface area contributed by atoms with Gasteiger partial charge in [0.15, 0.2) is 0 Å². The van der Waals surface area contributed by atoms with E-state index in [1.807, 2.05) is 0 Å². The number of aromatic nitrogens is 3. The molecule has 0 unspecified atom stereocenters. The zero-order valence-electron chi connectivity index (χ0n) is 23.5. The van der Waals surface area contributed by atoms with Crippen LogP contribution in [0.2, 0.25) is 0 Å². The van der Waals surface area contributed by atoms with Crippen molar-refractivity contribution in [1.29, 1.82) is 0 Å². The molecule has 10 aromatic rings. The molecule has 0 saturated carbocycles. The Kier molecular flexibility index (Phi) is 4.87. The highest BCUT2D eigenvalue weighted by Crippen LogP contribution is 2.43. The zero-order valence-corrected chi connectivity index (χ0v) is 24.3. The zero-order chi connectivity index (χ0) is 28.8. The van der Waals surface area contributed by atoms with Crippen LogP contribution in [0.25, 0.3) is 91.6 Å². The minimum absolute atomic E-state index is 0.692. The summed E-state index contributed by atoms with van der Waals surface area (Å²) < 4.78 is 3.50. The van der Waals surface area contributed by atoms with Crippen molar-refractivity contribution in [3.05, 3.63) is 140 Å². The first kappa shape index (κ1) is 23.9. The minimum Gasteiger partial charge on any atom is -0.278 e. The number of benzene rings is 7. The smallest absolute Gasteiger partial charge is 0.236 e. The van der Waals surface area contributed by atoms with E-state index in [4.69, 9.17) is 9.97 Å². The molecule has 10 rings (SSSR count). The van der Waals surface area contributed by atoms with Gasteiger partial charge in [-0.15, -0.1) is 11.3 Å². The molecule has 0 aliphatic heterocycles. The average molecular weight is 578 g/mol. The second kappa shape index (κ2) is 8.96. The monoisotopic (exact) mass is 577 g/mol. The second-order valence-electron chi connectivity index (χ2n) is 11.4. The fourth-order valence-electron chi connectivity index (χ4n) is 7.10. The van der Waals surface area contributed by atoms with Crippen molar-refractivity contribution < 1.29 is 0 Å². The van der Waals surface area contributed by atoms with Crippen LogP contribution in [0.5, 0.6) is 0 Å². The summed E-state index contributed by atoms with van der Waals surface area (Å²) in [5.41, 5.74) is 4.31. The average Bonchev–Trinajstić information content (AvgIpc) is 3.64. The van der Waals surface area contributed by atoms with Gasteiger partial charge in [0.25, 0.3) is 0 Å². The van der Waals surface area contributed by atoms with Crippen molar-refractivity contribution in [2.75, 3.05) is 0 Å². The van der Waals surface area contributed by atoms with E-state index < -0.39 is 0 Å². The number of rotatable bonds is 2. The molecule has 204 valence electrons. The van der Waals surface area contributed by atoms with Crippen LogP contribution in [0.4, 0.5) is 0 Å². The van der Waals surface area contributed by atoms with Gasteiger partial charge in [0.1, 0.15) is 4.83 Å². The van der Waals surface area contributed by atoms with Crippen molar-refractivity contribution in [3.8, 4) is 17.2 Å². The highest BCUT2D eigenvalue weighted by molar-refractivity contribution is 7.25. The van der Waals surface area contributed by atoms with E-state index in [-0.39, 0.29) is 0 Å². The van der Waals surface area contributed by atoms with Gasteiger partial charge in [-0.1, -0.05) is 121 Å². The molecule has 0 N–H and O–H groups in total. The Morgan fingerprint density at radius 1 is 0.432 bits per heavy atom. The Hall–Kier alpha value is -5.58. The molecular weight excluding hydrogens is 555 g/mol. The minimum atomic E-state index is 0.692. The van der Waals surface area contributed by atoms with Gasteiger partial charge in [-0.2, -0.15) is 0 Å². The molecule has 0 fully saturated rings. The lowest BCUT2D eigenvalue weighted by atomic mass is 9.99. The molecule has 7 aromatic carbocycles. The summed E-state index contributed by atoms with van der Waals surface area (Å²) in [4.78, 5) is 11.9. The Labute approximate surface area is 256 Å². The van der Waals surface area contributed by atoms with Crippen LogP contribution in [0, 0.1) is 0 Å². The van der Waals surface area contributed by atoms with Crippen LogP contribution in [-0.4, -0.2) is 14.5 Å². The quantitative estimate of drug-likeness (QED) is 0.205. The summed E-state index contributed by atoms with van der Waals surface area (Å²) in [6, 6.07) is 50.0. The van der Waals surface area contributed by atoms with Gasteiger partial charge >= 0.3 is 0 Å². The standard InChI is InChI=1S/C40H23N3S/c1-4-14-27-24(10-1)13-9-18-30(27)38-37-31-17-7-8-19-34(31)44-39(37)42-40(41-38)43-32-22-20-25-11-2-5-15-28(25)35(32)36-29-16-6-3-12-26(29)21-23-33(36)43/h1-23H. The summed E-state index contributed by atoms with van der Waals surface area (Å²) in [6.45, 7) is 0. The number of hydrogen-bond donors (Lipinski definition) is 0. The maximum atomic E-state index is 5.51. The summed E-state index contributed by atoms with van der Waals surface area (Å²) in [5, 5.41) is 12.1. The van der Waals surface area contributed by atoms with Crippen molar-refractivity contribution in [3.63, 3.8) is 0 Å². The maximum Gasteiger partial charge on any atom is 0.236 e. The fraction of sp³-hybridized carbons (Fsp3) is 0. The molecular formula is C40H23N3S. The first-order valence-corrected chi connectivity index (χ1v) is 15.7. The lowest BCUT2D eigenvalue weighted by Crippen LogP contribution is -2.03. The van der Waals surface area contributed by atoms with Gasteiger partial charge in [0.2, 0.25) is 5.95 Å². The first-order chi connectivity index (χ1) is 21.8. The molecule has 0 amide bonds. The third-order valence-corrected chi connectivity index (χ3v) is 10.1. The summed E-state index contributed by atoms with van der Waals surface area (Å²) in [7, 11) is 0. The van der Waals surface area contributed by atoms with Crippen LogP contribution >= 0.6 is 11.3 Å². The topological polar surface area (TPSA) is 30.7 Å². The van der Waals surface area contributed by atoms with Gasteiger partial charge in [0.05, 0.1) is 16.7 Å². The van der Waals surface area contributed by atoms with E-state index in [0.29, 0.717) is 5.95 Å². The summed E-state index contributed by atoms with van der Waals surface area (Å²) in [5.74, 6) is 0.692. The van der Waals surface area contributed by atoms with Crippen LogP contribution in [0.1, 0.15) is 0 Å². The SMILES string of the molecule is c1ccc2c(-c3nc(-n4c5ccc6ccccc6c5c5c6ccccc6ccc54)nc4sc5ccccc5c34)cccc2c1. The molecule has 0 saturated heterocycles. The van der Waals surface area contributed by atoms with Gasteiger partial charge < -0.3 is 0 Å². The number of fused-ring (bicyclic) bond motifs is 11. The normalized spacial score (nSPS) is 12.1. The van der Waals surface area contributed by atoms with Gasteiger partial charge in [-0.05, 0) is 50.5 Å². The van der Waals surface area contributed by atoms with Gasteiger partial charge in [-0.25, -0.2) is 9.97 Å². The molecule has 3 aromatic heterocycles. The molecule has 4 heteroatoms. The highest BCUT2D eigenvalue weighted by atomic mass is 32.1. The fourth-order valence-corrected chi connectivity index (χ4v) is 8.17. The molecule has 0 aliphatic rings. The Morgan fingerprint density at radius 2 is 0.977 bits per heavy atom. The maximum absolute atomic E-state index is 5.51. The van der Waals surface area contributed by atoms with E-state index in [0.717, 1.165) is 32.5 Å². The van der Waals surface area contributed by atoms with Crippen LogP contribution in [0.3, 0.4) is 0 Å². The van der Waals surface area contributed by atoms with Crippen molar-refractivity contribution in [1.82, 2.24) is 14.5 Å². The van der Waals surface area contributed by atoms with E-state index in [1.165, 1.54) is 53.2 Å². The molecule has 0 aliphatic carbocycles. The van der Waals surface area contributed by atoms with Crippen LogP contribution in [-0.2, 0) is 0 Å². The first-order valence-electron chi connectivity index (χ1n) is 14.8. The van der Waals surface area contributed by atoms with E-state index in [2.05, 4.69) is 144 Å². The molecule has 44 heavy (non-hydrogen) atoms. The number of thiophene rings is 1. The highest BCUT2D eigenvalue weighted by Gasteiger charge is 2.22. The van der Waals surface area contributed by atoms with E-state index in [9.17, 15) is 0 Å². The number of hydrogen-bond acceptors (Lipinski definition) is 3. The van der Waals surface area contributed by atoms with Crippen LogP contribution in [0.15, 0.2) is 140 Å². The van der Waals surface area contributed by atoms with Crippen LogP contribution < -0.4 is 0 Å². The summed E-state index contributed by atoms with van der Waals surface area (Å²) in [6.07, 6.45) is 0. The third kappa shape index (κ3) is 3.26. The van der Waals surface area contributed by atoms with Crippen molar-refractivity contribution in [2.45, 2.75) is 0 Å². The molecule has 3 heterocycles. The Morgan fingerprint density at radius 3 is 1.66 bits per heavy atom. The van der Waals surface area contributed by atoms with Gasteiger partial charge in [-0.3, -0.25) is 4.57 Å². The largest absolute Gasteiger partial charge is 0.278 e.